The first kappa shape index (κ1) is 13.3. The fourth-order valence-corrected chi connectivity index (χ4v) is 2.59. The van der Waals surface area contributed by atoms with Crippen molar-refractivity contribution < 1.29 is 0 Å². The van der Waals surface area contributed by atoms with E-state index >= 15 is 0 Å². The van der Waals surface area contributed by atoms with E-state index in [4.69, 9.17) is 0 Å². The van der Waals surface area contributed by atoms with Gasteiger partial charge in [-0.25, -0.2) is 0 Å². The third kappa shape index (κ3) is 2.49. The fourth-order valence-electron chi connectivity index (χ4n) is 2.06. The Morgan fingerprint density at radius 3 is 2.83 bits per heavy atom. The quantitative estimate of drug-likeness (QED) is 0.920. The van der Waals surface area contributed by atoms with Gasteiger partial charge in [-0.1, -0.05) is 6.92 Å². The van der Waals surface area contributed by atoms with Gasteiger partial charge >= 0.3 is 0 Å². The van der Waals surface area contributed by atoms with Gasteiger partial charge < -0.3 is 5.32 Å². The second-order valence-corrected chi connectivity index (χ2v) is 5.09. The smallest absolute Gasteiger partial charge is 0.0949 e. The third-order valence-corrected chi connectivity index (χ3v) is 3.47. The topological polar surface area (TPSA) is 47.7 Å². The summed E-state index contributed by atoms with van der Waals surface area (Å²) in [5.74, 6) is 0. The normalized spacial score (nSPS) is 12.9. The lowest BCUT2D eigenvalue weighted by Crippen LogP contribution is -2.22. The molecule has 0 saturated carbocycles. The van der Waals surface area contributed by atoms with Crippen molar-refractivity contribution >= 4 is 15.9 Å². The molecule has 1 N–H and O–H groups in total. The van der Waals surface area contributed by atoms with E-state index in [2.05, 4.69) is 38.4 Å². The Hall–Kier alpha value is -1.14. The summed E-state index contributed by atoms with van der Waals surface area (Å²) in [5, 5.41) is 12.2. The van der Waals surface area contributed by atoms with Crippen LogP contribution in [-0.4, -0.2) is 26.6 Å². The highest BCUT2D eigenvalue weighted by molar-refractivity contribution is 9.10. The number of aromatic nitrogens is 4. The minimum Gasteiger partial charge on any atom is -0.307 e. The van der Waals surface area contributed by atoms with E-state index in [1.54, 1.807) is 0 Å². The summed E-state index contributed by atoms with van der Waals surface area (Å²) in [5.41, 5.74) is 2.12. The number of hydrogen-bond donors (Lipinski definition) is 1. The molecule has 98 valence electrons. The molecule has 0 bridgehead atoms. The Bertz CT molecular complexity index is 516. The van der Waals surface area contributed by atoms with Crippen LogP contribution in [0, 0.1) is 0 Å². The van der Waals surface area contributed by atoms with E-state index in [1.807, 2.05) is 41.9 Å². The molecule has 0 amide bonds. The standard InChI is InChI=1S/C12H18BrN5/c1-4-6-18-12(9(13)8-15-18)11(14-2)10-5-7-17(3)16-10/h5,7-8,11,14H,4,6H2,1-3H3. The molecule has 18 heavy (non-hydrogen) atoms. The number of halogens is 1. The van der Waals surface area contributed by atoms with Crippen LogP contribution in [0.4, 0.5) is 0 Å². The molecule has 0 spiro atoms. The van der Waals surface area contributed by atoms with Gasteiger partial charge in [-0.3, -0.25) is 9.36 Å². The number of hydrogen-bond acceptors (Lipinski definition) is 3. The number of nitrogens with one attached hydrogen (secondary N) is 1. The molecule has 2 aromatic heterocycles. The SMILES string of the molecule is CCCn1ncc(Br)c1C(NC)c1ccn(C)n1. The van der Waals surface area contributed by atoms with Crippen LogP contribution in [0.3, 0.4) is 0 Å². The Labute approximate surface area is 115 Å². The predicted molar refractivity (Wildman–Crippen MR) is 74.3 cm³/mol. The van der Waals surface area contributed by atoms with Crippen molar-refractivity contribution in [2.45, 2.75) is 25.9 Å². The molecule has 1 unspecified atom stereocenters. The van der Waals surface area contributed by atoms with Crippen LogP contribution >= 0.6 is 15.9 Å². The maximum absolute atomic E-state index is 4.47. The number of nitrogens with zero attached hydrogens (tertiary/aromatic N) is 4. The first-order valence-corrected chi connectivity index (χ1v) is 6.84. The average Bonchev–Trinajstić information content (AvgIpc) is 2.91. The molecule has 2 aromatic rings. The van der Waals surface area contributed by atoms with E-state index in [0.717, 1.165) is 28.8 Å². The molecule has 5 nitrogen and oxygen atoms in total. The second-order valence-electron chi connectivity index (χ2n) is 4.24. The van der Waals surface area contributed by atoms with Crippen LogP contribution in [0.1, 0.15) is 30.8 Å². The highest BCUT2D eigenvalue weighted by atomic mass is 79.9. The summed E-state index contributed by atoms with van der Waals surface area (Å²) in [6, 6.07) is 2.08. The van der Waals surface area contributed by atoms with Gasteiger partial charge in [0.25, 0.3) is 0 Å². The molecule has 0 saturated heterocycles. The molecule has 2 heterocycles. The molecule has 0 aliphatic heterocycles. The lowest BCUT2D eigenvalue weighted by molar-refractivity contribution is 0.524. The Morgan fingerprint density at radius 2 is 2.28 bits per heavy atom. The van der Waals surface area contributed by atoms with Gasteiger partial charge in [-0.15, -0.1) is 0 Å². The maximum atomic E-state index is 4.47. The zero-order chi connectivity index (χ0) is 13.1. The van der Waals surface area contributed by atoms with E-state index < -0.39 is 0 Å². The summed E-state index contributed by atoms with van der Waals surface area (Å²) in [7, 11) is 3.86. The lowest BCUT2D eigenvalue weighted by Gasteiger charge is -2.16. The van der Waals surface area contributed by atoms with Crippen molar-refractivity contribution in [2.75, 3.05) is 7.05 Å². The molecule has 0 aliphatic rings. The molecular formula is C12H18BrN5. The Balaban J connectivity index is 2.41. The van der Waals surface area contributed by atoms with Crippen LogP contribution in [-0.2, 0) is 13.6 Å². The van der Waals surface area contributed by atoms with Crippen molar-refractivity contribution in [3.05, 3.63) is 34.3 Å². The molecule has 0 aromatic carbocycles. The van der Waals surface area contributed by atoms with Gasteiger partial charge in [0, 0.05) is 19.8 Å². The summed E-state index contributed by atoms with van der Waals surface area (Å²) < 4.78 is 4.86. The van der Waals surface area contributed by atoms with Crippen LogP contribution in [0.15, 0.2) is 22.9 Å². The molecule has 2 rings (SSSR count). The summed E-state index contributed by atoms with van der Waals surface area (Å²) >= 11 is 3.57. The van der Waals surface area contributed by atoms with E-state index in [0.29, 0.717) is 0 Å². The van der Waals surface area contributed by atoms with Gasteiger partial charge in [-0.05, 0) is 35.5 Å². The number of aryl methyl sites for hydroxylation is 2. The second kappa shape index (κ2) is 5.67. The monoisotopic (exact) mass is 311 g/mol. The molecule has 6 heteroatoms. The van der Waals surface area contributed by atoms with Gasteiger partial charge in [0.05, 0.1) is 28.1 Å². The first-order valence-electron chi connectivity index (χ1n) is 6.05. The van der Waals surface area contributed by atoms with Crippen LogP contribution < -0.4 is 5.32 Å². The molecule has 0 radical (unpaired) electrons. The molecule has 1 atom stereocenters. The van der Waals surface area contributed by atoms with Crippen molar-refractivity contribution in [1.29, 1.82) is 0 Å². The Morgan fingerprint density at radius 1 is 1.50 bits per heavy atom. The summed E-state index contributed by atoms with van der Waals surface area (Å²) in [6.45, 7) is 3.06. The average molecular weight is 312 g/mol. The fraction of sp³-hybridized carbons (Fsp3) is 0.500. The zero-order valence-corrected chi connectivity index (χ0v) is 12.5. The highest BCUT2D eigenvalue weighted by Crippen LogP contribution is 2.27. The largest absolute Gasteiger partial charge is 0.307 e. The molecule has 0 fully saturated rings. The van der Waals surface area contributed by atoms with E-state index in [-0.39, 0.29) is 6.04 Å². The van der Waals surface area contributed by atoms with Gasteiger partial charge in [0.1, 0.15) is 0 Å². The van der Waals surface area contributed by atoms with Crippen molar-refractivity contribution in [3.8, 4) is 0 Å². The lowest BCUT2D eigenvalue weighted by atomic mass is 10.1. The molecule has 0 aliphatic carbocycles. The van der Waals surface area contributed by atoms with E-state index in [1.165, 1.54) is 0 Å². The van der Waals surface area contributed by atoms with Crippen molar-refractivity contribution in [2.24, 2.45) is 7.05 Å². The third-order valence-electron chi connectivity index (χ3n) is 2.86. The van der Waals surface area contributed by atoms with E-state index in [9.17, 15) is 0 Å². The van der Waals surface area contributed by atoms with Gasteiger partial charge in [-0.2, -0.15) is 10.2 Å². The van der Waals surface area contributed by atoms with Crippen molar-refractivity contribution in [1.82, 2.24) is 24.9 Å². The summed E-state index contributed by atoms with van der Waals surface area (Å²) in [6.07, 6.45) is 4.85. The van der Waals surface area contributed by atoms with Gasteiger partial charge in [0.15, 0.2) is 0 Å². The van der Waals surface area contributed by atoms with Crippen LogP contribution in [0.25, 0.3) is 0 Å². The number of rotatable bonds is 5. The minimum absolute atomic E-state index is 0.0506. The summed E-state index contributed by atoms with van der Waals surface area (Å²) in [4.78, 5) is 0. The van der Waals surface area contributed by atoms with Gasteiger partial charge in [0.2, 0.25) is 0 Å². The first-order chi connectivity index (χ1) is 8.67. The van der Waals surface area contributed by atoms with Crippen LogP contribution in [0.2, 0.25) is 0 Å². The zero-order valence-electron chi connectivity index (χ0n) is 10.9. The van der Waals surface area contributed by atoms with Crippen LogP contribution in [0.5, 0.6) is 0 Å². The predicted octanol–water partition coefficient (Wildman–Crippen LogP) is 2.10. The van der Waals surface area contributed by atoms with Crippen molar-refractivity contribution in [3.63, 3.8) is 0 Å². The Kier molecular flexibility index (Phi) is 4.19. The minimum atomic E-state index is 0.0506. The molecular weight excluding hydrogens is 294 g/mol. The maximum Gasteiger partial charge on any atom is 0.0949 e. The highest BCUT2D eigenvalue weighted by Gasteiger charge is 2.22.